The van der Waals surface area contributed by atoms with Crippen molar-refractivity contribution in [2.45, 2.75) is 31.1 Å². The van der Waals surface area contributed by atoms with E-state index in [1.807, 2.05) is 0 Å². The van der Waals surface area contributed by atoms with E-state index in [0.717, 1.165) is 5.75 Å². The molecule has 0 aliphatic rings. The summed E-state index contributed by atoms with van der Waals surface area (Å²) in [6.07, 6.45) is 4.44. The van der Waals surface area contributed by atoms with Crippen LogP contribution < -0.4 is 5.32 Å². The molecule has 2 aromatic rings. The summed E-state index contributed by atoms with van der Waals surface area (Å²) in [4.78, 5) is 20.7. The van der Waals surface area contributed by atoms with E-state index in [-0.39, 0.29) is 11.3 Å². The summed E-state index contributed by atoms with van der Waals surface area (Å²) in [5.41, 5.74) is 1.99. The molecular weight excluding hydrogens is 294 g/mol. The molecule has 22 heavy (non-hydrogen) atoms. The van der Waals surface area contributed by atoms with E-state index in [4.69, 9.17) is 0 Å². The van der Waals surface area contributed by atoms with Gasteiger partial charge in [0.15, 0.2) is 0 Å². The second-order valence-electron chi connectivity index (χ2n) is 6.01. The van der Waals surface area contributed by atoms with Crippen LogP contribution in [0.2, 0.25) is 0 Å². The Bertz CT molecular complexity index is 606. The third-order valence-corrected chi connectivity index (χ3v) is 4.21. The Morgan fingerprint density at radius 1 is 1.14 bits per heavy atom. The summed E-state index contributed by atoms with van der Waals surface area (Å²) in [7, 11) is 0. The number of benzene rings is 1. The fraction of sp³-hybridized carbons (Fsp3) is 0.353. The third kappa shape index (κ3) is 4.84. The maximum atomic E-state index is 11.8. The number of hydrogen-bond acceptors (Lipinski definition) is 4. The summed E-state index contributed by atoms with van der Waals surface area (Å²) in [5, 5.41) is 2.87. The monoisotopic (exact) mass is 315 g/mol. The summed E-state index contributed by atoms with van der Waals surface area (Å²) >= 11 is 1.73. The second kappa shape index (κ2) is 7.40. The van der Waals surface area contributed by atoms with Gasteiger partial charge in [0.25, 0.3) is 5.91 Å². The molecule has 1 aromatic carbocycles. The van der Waals surface area contributed by atoms with Gasteiger partial charge in [0.05, 0.1) is 5.56 Å². The minimum atomic E-state index is -0.135. The number of amides is 1. The predicted octanol–water partition coefficient (Wildman–Crippen LogP) is 3.30. The Kier molecular flexibility index (Phi) is 5.55. The molecule has 0 unspecified atom stereocenters. The van der Waals surface area contributed by atoms with Crippen molar-refractivity contribution >= 4 is 17.7 Å². The topological polar surface area (TPSA) is 54.9 Å². The van der Waals surface area contributed by atoms with Crippen molar-refractivity contribution < 1.29 is 4.79 Å². The zero-order valence-corrected chi connectivity index (χ0v) is 14.0. The molecule has 1 heterocycles. The molecule has 0 atom stereocenters. The minimum Gasteiger partial charge on any atom is -0.351 e. The highest BCUT2D eigenvalue weighted by Gasteiger charge is 2.12. The van der Waals surface area contributed by atoms with Crippen LogP contribution in [0, 0.1) is 0 Å². The average molecular weight is 315 g/mol. The van der Waals surface area contributed by atoms with Crippen LogP contribution in [0.4, 0.5) is 0 Å². The van der Waals surface area contributed by atoms with Crippen LogP contribution in [-0.4, -0.2) is 28.2 Å². The molecule has 2 rings (SSSR count). The van der Waals surface area contributed by atoms with E-state index in [0.29, 0.717) is 12.1 Å². The van der Waals surface area contributed by atoms with Gasteiger partial charge >= 0.3 is 0 Å². The molecular formula is C17H21N3OS. The number of carbonyl (C=O) groups excluding carboxylic acids is 1. The van der Waals surface area contributed by atoms with Crippen molar-refractivity contribution in [3.63, 3.8) is 0 Å². The van der Waals surface area contributed by atoms with E-state index in [9.17, 15) is 4.79 Å². The van der Waals surface area contributed by atoms with E-state index in [1.165, 1.54) is 29.2 Å². The second-order valence-corrected chi connectivity index (χ2v) is 7.17. The molecule has 0 saturated carbocycles. The molecule has 5 heteroatoms. The van der Waals surface area contributed by atoms with Crippen molar-refractivity contribution in [2.24, 2.45) is 0 Å². The lowest BCUT2D eigenvalue weighted by molar-refractivity contribution is 0.0955. The normalized spacial score (nSPS) is 11.2. The van der Waals surface area contributed by atoms with Crippen LogP contribution >= 0.6 is 11.8 Å². The SMILES string of the molecule is CC(C)(C)c1ccc(SCCNC(=O)c2cncnc2)cc1. The predicted molar refractivity (Wildman–Crippen MR) is 90.2 cm³/mol. The molecule has 0 spiro atoms. The standard InChI is InChI=1S/C17H21N3OS/c1-17(2,3)14-4-6-15(7-5-14)22-9-8-20-16(21)13-10-18-12-19-11-13/h4-7,10-12H,8-9H2,1-3H3,(H,20,21). The summed E-state index contributed by atoms with van der Waals surface area (Å²) in [6.45, 7) is 7.23. The van der Waals surface area contributed by atoms with Crippen molar-refractivity contribution in [1.82, 2.24) is 15.3 Å². The van der Waals surface area contributed by atoms with Gasteiger partial charge < -0.3 is 5.32 Å². The fourth-order valence-electron chi connectivity index (χ4n) is 1.90. The Balaban J connectivity index is 1.76. The highest BCUT2D eigenvalue weighted by Crippen LogP contribution is 2.25. The highest BCUT2D eigenvalue weighted by atomic mass is 32.2. The number of nitrogens with one attached hydrogen (secondary N) is 1. The van der Waals surface area contributed by atoms with Gasteiger partial charge in [-0.2, -0.15) is 0 Å². The van der Waals surface area contributed by atoms with Gasteiger partial charge in [-0.3, -0.25) is 4.79 Å². The van der Waals surface area contributed by atoms with Crippen molar-refractivity contribution in [3.05, 3.63) is 54.1 Å². The fourth-order valence-corrected chi connectivity index (χ4v) is 2.67. The molecule has 4 nitrogen and oxygen atoms in total. The quantitative estimate of drug-likeness (QED) is 0.679. The van der Waals surface area contributed by atoms with Crippen molar-refractivity contribution in [1.29, 1.82) is 0 Å². The lowest BCUT2D eigenvalue weighted by Gasteiger charge is -2.19. The molecule has 0 saturated heterocycles. The van der Waals surface area contributed by atoms with Gasteiger partial charge in [-0.15, -0.1) is 11.8 Å². The van der Waals surface area contributed by atoms with E-state index < -0.39 is 0 Å². The molecule has 1 aromatic heterocycles. The maximum Gasteiger partial charge on any atom is 0.254 e. The first-order valence-electron chi connectivity index (χ1n) is 7.23. The van der Waals surface area contributed by atoms with E-state index in [2.05, 4.69) is 60.3 Å². The van der Waals surface area contributed by atoms with Crippen LogP contribution in [0.25, 0.3) is 0 Å². The molecule has 0 bridgehead atoms. The molecule has 1 N–H and O–H groups in total. The largest absolute Gasteiger partial charge is 0.351 e. The Morgan fingerprint density at radius 3 is 2.36 bits per heavy atom. The maximum absolute atomic E-state index is 11.8. The van der Waals surface area contributed by atoms with Crippen LogP contribution in [0.1, 0.15) is 36.7 Å². The Hall–Kier alpha value is -1.88. The van der Waals surface area contributed by atoms with Crippen LogP contribution in [-0.2, 0) is 5.41 Å². The summed E-state index contributed by atoms with van der Waals surface area (Å²) < 4.78 is 0. The van der Waals surface area contributed by atoms with E-state index in [1.54, 1.807) is 11.8 Å². The Labute approximate surface area is 135 Å². The van der Waals surface area contributed by atoms with Gasteiger partial charge in [-0.25, -0.2) is 9.97 Å². The molecule has 0 fully saturated rings. The lowest BCUT2D eigenvalue weighted by Crippen LogP contribution is -2.25. The van der Waals surface area contributed by atoms with Crippen LogP contribution in [0.3, 0.4) is 0 Å². The van der Waals surface area contributed by atoms with Crippen molar-refractivity contribution in [2.75, 3.05) is 12.3 Å². The molecule has 0 aliphatic carbocycles. The highest BCUT2D eigenvalue weighted by molar-refractivity contribution is 7.99. The number of aromatic nitrogens is 2. The molecule has 116 valence electrons. The molecule has 0 aliphatic heterocycles. The number of rotatable bonds is 5. The number of hydrogen-bond donors (Lipinski definition) is 1. The third-order valence-electron chi connectivity index (χ3n) is 3.20. The van der Waals surface area contributed by atoms with E-state index >= 15 is 0 Å². The zero-order valence-electron chi connectivity index (χ0n) is 13.2. The average Bonchev–Trinajstić information content (AvgIpc) is 2.52. The Morgan fingerprint density at radius 2 is 1.77 bits per heavy atom. The van der Waals surface area contributed by atoms with Crippen LogP contribution in [0.15, 0.2) is 47.9 Å². The first kappa shape index (κ1) is 16.5. The first-order valence-corrected chi connectivity index (χ1v) is 8.22. The zero-order chi connectivity index (χ0) is 16.0. The summed E-state index contributed by atoms with van der Waals surface area (Å²) in [6, 6.07) is 8.61. The molecule has 0 radical (unpaired) electrons. The minimum absolute atomic E-state index is 0.135. The van der Waals surface area contributed by atoms with Gasteiger partial charge in [0.1, 0.15) is 6.33 Å². The lowest BCUT2D eigenvalue weighted by atomic mass is 9.87. The number of thioether (sulfide) groups is 1. The molecule has 1 amide bonds. The van der Waals surface area contributed by atoms with Gasteiger partial charge in [0.2, 0.25) is 0 Å². The first-order chi connectivity index (χ1) is 10.5. The van der Waals surface area contributed by atoms with Gasteiger partial charge in [-0.1, -0.05) is 32.9 Å². The van der Waals surface area contributed by atoms with Crippen LogP contribution in [0.5, 0.6) is 0 Å². The summed E-state index contributed by atoms with van der Waals surface area (Å²) in [5.74, 6) is 0.693. The van der Waals surface area contributed by atoms with Gasteiger partial charge in [0, 0.05) is 29.6 Å². The smallest absolute Gasteiger partial charge is 0.254 e. The van der Waals surface area contributed by atoms with Crippen molar-refractivity contribution in [3.8, 4) is 0 Å². The number of nitrogens with zero attached hydrogens (tertiary/aromatic N) is 2. The number of carbonyl (C=O) groups is 1. The van der Waals surface area contributed by atoms with Gasteiger partial charge in [-0.05, 0) is 23.1 Å².